The van der Waals surface area contributed by atoms with Crippen LogP contribution in [0, 0.1) is 5.41 Å². The topological polar surface area (TPSA) is 49.8 Å². The first-order valence-corrected chi connectivity index (χ1v) is 7.25. The number of hydrogen-bond donors (Lipinski definition) is 1. The van der Waals surface area contributed by atoms with E-state index in [9.17, 15) is 9.90 Å². The summed E-state index contributed by atoms with van der Waals surface area (Å²) in [6, 6.07) is 0. The van der Waals surface area contributed by atoms with Crippen LogP contribution < -0.4 is 0 Å². The van der Waals surface area contributed by atoms with Gasteiger partial charge in [-0.25, -0.2) is 4.79 Å². The highest BCUT2D eigenvalue weighted by Crippen LogP contribution is 2.29. The molecule has 0 radical (unpaired) electrons. The second-order valence-corrected chi connectivity index (χ2v) is 6.71. The van der Waals surface area contributed by atoms with E-state index in [1.165, 1.54) is 0 Å². The lowest BCUT2D eigenvalue weighted by atomic mass is 9.87. The number of hydrogen-bond acceptors (Lipinski definition) is 3. The van der Waals surface area contributed by atoms with Crippen LogP contribution in [0.1, 0.15) is 61.3 Å². The lowest BCUT2D eigenvalue weighted by Crippen LogP contribution is -2.41. The number of carbonyl (C=O) groups excluding carboxylic acids is 1. The zero-order valence-electron chi connectivity index (χ0n) is 13.6. The molecule has 4 heteroatoms. The highest BCUT2D eigenvalue weighted by Gasteiger charge is 2.33. The van der Waals surface area contributed by atoms with Crippen molar-refractivity contribution in [3.05, 3.63) is 0 Å². The SMILES string of the molecule is CC.CC1(C)CC(O)CCN(C(=O)OC(C)(C)C)C1. The molecule has 1 saturated heterocycles. The minimum absolute atomic E-state index is 0.0627. The molecule has 1 aliphatic heterocycles. The first-order chi connectivity index (χ1) is 8.59. The van der Waals surface area contributed by atoms with Gasteiger partial charge in [0.15, 0.2) is 0 Å². The molecule has 1 heterocycles. The Morgan fingerprint density at radius 3 is 2.32 bits per heavy atom. The molecule has 19 heavy (non-hydrogen) atoms. The third-order valence-corrected chi connectivity index (χ3v) is 2.79. The third-order valence-electron chi connectivity index (χ3n) is 2.79. The molecule has 0 bridgehead atoms. The number of amides is 1. The van der Waals surface area contributed by atoms with Crippen LogP contribution in [0.5, 0.6) is 0 Å². The van der Waals surface area contributed by atoms with Crippen molar-refractivity contribution < 1.29 is 14.6 Å². The van der Waals surface area contributed by atoms with Gasteiger partial charge in [0.1, 0.15) is 5.60 Å². The van der Waals surface area contributed by atoms with Gasteiger partial charge in [-0.05, 0) is 39.0 Å². The first kappa shape index (κ1) is 18.2. The van der Waals surface area contributed by atoms with E-state index in [1.54, 1.807) is 4.90 Å². The zero-order valence-corrected chi connectivity index (χ0v) is 13.6. The van der Waals surface area contributed by atoms with Crippen molar-refractivity contribution in [2.24, 2.45) is 5.41 Å². The number of nitrogens with zero attached hydrogens (tertiary/aromatic N) is 1. The summed E-state index contributed by atoms with van der Waals surface area (Å²) in [5.74, 6) is 0. The maximum absolute atomic E-state index is 12.0. The van der Waals surface area contributed by atoms with Crippen molar-refractivity contribution >= 4 is 6.09 Å². The van der Waals surface area contributed by atoms with Crippen LogP contribution in [0.2, 0.25) is 0 Å². The second kappa shape index (κ2) is 7.13. The molecule has 114 valence electrons. The van der Waals surface area contributed by atoms with E-state index >= 15 is 0 Å². The Hall–Kier alpha value is -0.770. The number of carbonyl (C=O) groups is 1. The van der Waals surface area contributed by atoms with E-state index in [1.807, 2.05) is 34.6 Å². The Kier molecular flexibility index (Phi) is 6.84. The Labute approximate surface area is 118 Å². The van der Waals surface area contributed by atoms with Crippen molar-refractivity contribution in [1.82, 2.24) is 4.90 Å². The summed E-state index contributed by atoms with van der Waals surface area (Å²) in [5, 5.41) is 9.78. The highest BCUT2D eigenvalue weighted by molar-refractivity contribution is 5.68. The monoisotopic (exact) mass is 273 g/mol. The van der Waals surface area contributed by atoms with Gasteiger partial charge in [-0.1, -0.05) is 27.7 Å². The lowest BCUT2D eigenvalue weighted by Gasteiger charge is -2.31. The Bertz CT molecular complexity index is 282. The lowest BCUT2D eigenvalue weighted by molar-refractivity contribution is 0.0200. The van der Waals surface area contributed by atoms with Gasteiger partial charge in [-0.2, -0.15) is 0 Å². The van der Waals surface area contributed by atoms with Gasteiger partial charge in [0.05, 0.1) is 6.10 Å². The summed E-state index contributed by atoms with van der Waals surface area (Å²) in [4.78, 5) is 13.7. The molecule has 0 aromatic carbocycles. The Morgan fingerprint density at radius 1 is 1.32 bits per heavy atom. The van der Waals surface area contributed by atoms with Crippen LogP contribution in [0.4, 0.5) is 4.79 Å². The van der Waals surface area contributed by atoms with Gasteiger partial charge in [0.25, 0.3) is 0 Å². The molecule has 4 nitrogen and oxygen atoms in total. The van der Waals surface area contributed by atoms with Gasteiger partial charge < -0.3 is 14.7 Å². The van der Waals surface area contributed by atoms with Gasteiger partial charge in [0, 0.05) is 13.1 Å². The molecular formula is C15H31NO3. The van der Waals surface area contributed by atoms with Crippen LogP contribution in [-0.2, 0) is 4.74 Å². The van der Waals surface area contributed by atoms with Gasteiger partial charge in [-0.15, -0.1) is 0 Å². The van der Waals surface area contributed by atoms with Crippen LogP contribution in [0.15, 0.2) is 0 Å². The predicted octanol–water partition coefficient (Wildman–Crippen LogP) is 3.43. The van der Waals surface area contributed by atoms with Gasteiger partial charge >= 0.3 is 6.09 Å². The van der Waals surface area contributed by atoms with E-state index in [-0.39, 0.29) is 17.6 Å². The number of ether oxygens (including phenoxy) is 1. The summed E-state index contributed by atoms with van der Waals surface area (Å²) in [6.45, 7) is 14.9. The smallest absolute Gasteiger partial charge is 0.410 e. The minimum atomic E-state index is -0.466. The number of aliphatic hydroxyl groups excluding tert-OH is 1. The fourth-order valence-corrected chi connectivity index (χ4v) is 2.19. The van der Waals surface area contributed by atoms with Crippen molar-refractivity contribution in [2.75, 3.05) is 13.1 Å². The third kappa shape index (κ3) is 7.41. The molecule has 1 amide bonds. The van der Waals surface area contributed by atoms with Gasteiger partial charge in [-0.3, -0.25) is 0 Å². The van der Waals surface area contributed by atoms with Crippen molar-refractivity contribution in [3.63, 3.8) is 0 Å². The van der Waals surface area contributed by atoms with Crippen LogP contribution >= 0.6 is 0 Å². The van der Waals surface area contributed by atoms with E-state index < -0.39 is 5.60 Å². The number of aliphatic hydroxyl groups is 1. The number of likely N-dealkylation sites (tertiary alicyclic amines) is 1. The molecule has 1 N–H and O–H groups in total. The molecule has 1 aliphatic rings. The summed E-state index contributed by atoms with van der Waals surface area (Å²) in [5.41, 5.74) is -0.529. The highest BCUT2D eigenvalue weighted by atomic mass is 16.6. The van der Waals surface area contributed by atoms with Crippen molar-refractivity contribution in [1.29, 1.82) is 0 Å². The first-order valence-electron chi connectivity index (χ1n) is 7.25. The fraction of sp³-hybridized carbons (Fsp3) is 0.933. The molecule has 1 fully saturated rings. The van der Waals surface area contributed by atoms with E-state index in [2.05, 4.69) is 13.8 Å². The molecule has 0 spiro atoms. The van der Waals surface area contributed by atoms with E-state index in [0.717, 1.165) is 6.42 Å². The summed E-state index contributed by atoms with van der Waals surface area (Å²) < 4.78 is 5.37. The molecule has 0 aliphatic carbocycles. The summed E-state index contributed by atoms with van der Waals surface area (Å²) >= 11 is 0. The average molecular weight is 273 g/mol. The molecule has 1 rings (SSSR count). The molecule has 1 unspecified atom stereocenters. The summed E-state index contributed by atoms with van der Waals surface area (Å²) in [7, 11) is 0. The van der Waals surface area contributed by atoms with Crippen LogP contribution in [0.3, 0.4) is 0 Å². The fourth-order valence-electron chi connectivity index (χ4n) is 2.19. The average Bonchev–Trinajstić information content (AvgIpc) is 2.36. The van der Waals surface area contributed by atoms with Crippen molar-refractivity contribution in [2.45, 2.75) is 73.0 Å². The maximum Gasteiger partial charge on any atom is 0.410 e. The normalized spacial score (nSPS) is 22.9. The minimum Gasteiger partial charge on any atom is -0.444 e. The zero-order chi connectivity index (χ0) is 15.3. The van der Waals surface area contributed by atoms with E-state index in [0.29, 0.717) is 19.5 Å². The second-order valence-electron chi connectivity index (χ2n) is 6.71. The summed E-state index contributed by atoms with van der Waals surface area (Å²) in [6.07, 6.45) is 0.756. The van der Waals surface area contributed by atoms with Crippen LogP contribution in [-0.4, -0.2) is 40.9 Å². The molecular weight excluding hydrogens is 242 g/mol. The molecule has 0 aromatic heterocycles. The molecule has 0 saturated carbocycles. The Morgan fingerprint density at radius 2 is 1.84 bits per heavy atom. The van der Waals surface area contributed by atoms with E-state index in [4.69, 9.17) is 4.74 Å². The quantitative estimate of drug-likeness (QED) is 0.735. The van der Waals surface area contributed by atoms with Gasteiger partial charge in [0.2, 0.25) is 0 Å². The predicted molar refractivity (Wildman–Crippen MR) is 78.2 cm³/mol. The maximum atomic E-state index is 12.0. The molecule has 0 aromatic rings. The largest absolute Gasteiger partial charge is 0.444 e. The number of rotatable bonds is 0. The van der Waals surface area contributed by atoms with Crippen LogP contribution in [0.25, 0.3) is 0 Å². The van der Waals surface area contributed by atoms with Crippen molar-refractivity contribution in [3.8, 4) is 0 Å². The Balaban J connectivity index is 0.00000154. The molecule has 1 atom stereocenters. The standard InChI is InChI=1S/C13H25NO3.C2H6/c1-12(2,3)17-11(16)14-7-6-10(15)8-13(4,5)9-14;1-2/h10,15H,6-9H2,1-5H3;1-2H3.